The molecule has 2 aromatic rings. The Hall–Kier alpha value is -2.08. The van der Waals surface area contributed by atoms with Gasteiger partial charge in [0.1, 0.15) is 0 Å². The number of ether oxygens (including phenoxy) is 1. The van der Waals surface area contributed by atoms with Crippen molar-refractivity contribution in [3.63, 3.8) is 0 Å². The highest BCUT2D eigenvalue weighted by Gasteiger charge is 2.38. The summed E-state index contributed by atoms with van der Waals surface area (Å²) in [5, 5.41) is 4.14. The van der Waals surface area contributed by atoms with Gasteiger partial charge >= 0.3 is 5.97 Å². The zero-order chi connectivity index (χ0) is 22.0. The molecular formula is C24H26Cl2N2O3. The van der Waals surface area contributed by atoms with Crippen LogP contribution in [-0.2, 0) is 9.53 Å². The van der Waals surface area contributed by atoms with E-state index in [9.17, 15) is 9.59 Å². The number of carbonyl (C=O) groups excluding carboxylic acids is 2. The highest BCUT2D eigenvalue weighted by atomic mass is 35.5. The molecule has 0 spiro atoms. The summed E-state index contributed by atoms with van der Waals surface area (Å²) in [7, 11) is 1.36. The highest BCUT2D eigenvalue weighted by Crippen LogP contribution is 2.43. The van der Waals surface area contributed by atoms with Crippen LogP contribution in [-0.4, -0.2) is 43.5 Å². The average Bonchev–Trinajstić information content (AvgIpc) is 3.31. The monoisotopic (exact) mass is 460 g/mol. The van der Waals surface area contributed by atoms with Crippen LogP contribution in [0, 0.1) is 5.92 Å². The molecular weight excluding hydrogens is 435 g/mol. The van der Waals surface area contributed by atoms with Gasteiger partial charge in [0.15, 0.2) is 0 Å². The third-order valence-corrected chi connectivity index (χ3v) is 6.88. The number of likely N-dealkylation sites (tertiary alicyclic amines) is 1. The van der Waals surface area contributed by atoms with E-state index >= 15 is 0 Å². The van der Waals surface area contributed by atoms with Crippen molar-refractivity contribution in [2.75, 3.05) is 26.7 Å². The summed E-state index contributed by atoms with van der Waals surface area (Å²) in [6.07, 6.45) is 4.02. The predicted octanol–water partition coefficient (Wildman–Crippen LogP) is 5.11. The molecule has 2 aliphatic heterocycles. The quantitative estimate of drug-likeness (QED) is 0.629. The summed E-state index contributed by atoms with van der Waals surface area (Å²) in [6.45, 7) is 2.61. The predicted molar refractivity (Wildman–Crippen MR) is 123 cm³/mol. The van der Waals surface area contributed by atoms with Crippen molar-refractivity contribution in [1.29, 1.82) is 0 Å². The zero-order valence-corrected chi connectivity index (χ0v) is 19.0. The van der Waals surface area contributed by atoms with Crippen LogP contribution >= 0.6 is 23.2 Å². The van der Waals surface area contributed by atoms with Crippen LogP contribution in [0.2, 0.25) is 10.0 Å². The molecule has 4 rings (SSSR count). The second kappa shape index (κ2) is 9.60. The van der Waals surface area contributed by atoms with Gasteiger partial charge in [0, 0.05) is 28.2 Å². The maximum atomic E-state index is 12.7. The normalized spacial score (nSPS) is 20.4. The smallest absolute Gasteiger partial charge is 0.337 e. The van der Waals surface area contributed by atoms with Gasteiger partial charge in [-0.1, -0.05) is 35.3 Å². The number of nitrogens with one attached hydrogen (secondary N) is 1. The molecule has 1 N–H and O–H groups in total. The molecule has 0 aromatic heterocycles. The van der Waals surface area contributed by atoms with Gasteiger partial charge in [-0.25, -0.2) is 4.79 Å². The number of benzene rings is 2. The first-order valence-corrected chi connectivity index (χ1v) is 11.4. The summed E-state index contributed by atoms with van der Waals surface area (Å²) in [6, 6.07) is 10.8. The molecule has 2 fully saturated rings. The highest BCUT2D eigenvalue weighted by molar-refractivity contribution is 6.36. The van der Waals surface area contributed by atoms with E-state index in [-0.39, 0.29) is 23.8 Å². The Balaban J connectivity index is 1.70. The number of rotatable bonds is 5. The minimum atomic E-state index is -0.378. The fraction of sp³-hybridized carbons (Fsp3) is 0.417. The number of hydrogen-bond acceptors (Lipinski definition) is 4. The van der Waals surface area contributed by atoms with Gasteiger partial charge in [-0.15, -0.1) is 0 Å². The molecule has 0 radical (unpaired) electrons. The third-order valence-electron chi connectivity index (χ3n) is 6.26. The molecule has 2 atom stereocenters. The zero-order valence-electron chi connectivity index (χ0n) is 17.5. The molecule has 2 heterocycles. The molecule has 0 saturated carbocycles. The molecule has 0 aliphatic carbocycles. The summed E-state index contributed by atoms with van der Waals surface area (Å²) < 4.78 is 4.76. The Morgan fingerprint density at radius 3 is 2.29 bits per heavy atom. The van der Waals surface area contributed by atoms with Crippen LogP contribution in [0.5, 0.6) is 0 Å². The first kappa shape index (κ1) is 22.1. The fourth-order valence-electron chi connectivity index (χ4n) is 4.71. The van der Waals surface area contributed by atoms with E-state index in [1.807, 2.05) is 24.3 Å². The summed E-state index contributed by atoms with van der Waals surface area (Å²) >= 11 is 13.6. The molecule has 2 aromatic carbocycles. The van der Waals surface area contributed by atoms with Crippen LogP contribution < -0.4 is 5.32 Å². The Labute approximate surface area is 192 Å². The van der Waals surface area contributed by atoms with Gasteiger partial charge in [0.2, 0.25) is 5.91 Å². The third kappa shape index (κ3) is 4.59. The van der Waals surface area contributed by atoms with Crippen molar-refractivity contribution in [3.05, 3.63) is 57.6 Å². The number of methoxy groups -OCH3 is 1. The number of amides is 1. The SMILES string of the molecule is COC(=O)c1ccc(-c2cc(Cl)c(C(C3CCCNC3=O)N3CCCC3)c(Cl)c2)cc1. The van der Waals surface area contributed by atoms with Gasteiger partial charge < -0.3 is 10.1 Å². The van der Waals surface area contributed by atoms with Gasteiger partial charge in [0.25, 0.3) is 0 Å². The van der Waals surface area contributed by atoms with Crippen molar-refractivity contribution in [1.82, 2.24) is 10.2 Å². The molecule has 2 saturated heterocycles. The van der Waals surface area contributed by atoms with Crippen molar-refractivity contribution < 1.29 is 14.3 Å². The van der Waals surface area contributed by atoms with Crippen molar-refractivity contribution in [3.8, 4) is 11.1 Å². The van der Waals surface area contributed by atoms with Gasteiger partial charge in [-0.05, 0) is 74.2 Å². The lowest BCUT2D eigenvalue weighted by Crippen LogP contribution is -2.44. The standard InChI is InChI=1S/C24H26Cl2N2O3/c1-31-24(30)16-8-6-15(7-9-16)17-13-19(25)21(20(26)14-17)22(28-11-2-3-12-28)18-5-4-10-27-23(18)29/h6-9,13-14,18,22H,2-5,10-12H2,1H3,(H,27,29). The molecule has 164 valence electrons. The van der Waals surface area contributed by atoms with E-state index in [1.54, 1.807) is 12.1 Å². The van der Waals surface area contributed by atoms with E-state index in [1.165, 1.54) is 7.11 Å². The molecule has 7 heteroatoms. The lowest BCUT2D eigenvalue weighted by Gasteiger charge is -2.37. The van der Waals surface area contributed by atoms with E-state index < -0.39 is 0 Å². The first-order valence-electron chi connectivity index (χ1n) is 10.7. The summed E-state index contributed by atoms with van der Waals surface area (Å²) in [5.41, 5.74) is 3.08. The molecule has 2 aliphatic rings. The number of piperidine rings is 1. The number of nitrogens with zero attached hydrogens (tertiary/aromatic N) is 1. The van der Waals surface area contributed by atoms with E-state index in [0.717, 1.165) is 62.0 Å². The molecule has 1 amide bonds. The van der Waals surface area contributed by atoms with Crippen LogP contribution in [0.15, 0.2) is 36.4 Å². The molecule has 5 nitrogen and oxygen atoms in total. The maximum Gasteiger partial charge on any atom is 0.337 e. The Kier molecular flexibility index (Phi) is 6.85. The van der Waals surface area contributed by atoms with Crippen LogP contribution in [0.4, 0.5) is 0 Å². The van der Waals surface area contributed by atoms with Crippen LogP contribution in [0.25, 0.3) is 11.1 Å². The second-order valence-corrected chi connectivity index (χ2v) is 8.96. The first-order chi connectivity index (χ1) is 15.0. The lowest BCUT2D eigenvalue weighted by atomic mass is 9.85. The maximum absolute atomic E-state index is 12.7. The summed E-state index contributed by atoms with van der Waals surface area (Å²) in [4.78, 5) is 26.8. The van der Waals surface area contributed by atoms with E-state index in [2.05, 4.69) is 10.2 Å². The van der Waals surface area contributed by atoms with Crippen LogP contribution in [0.3, 0.4) is 0 Å². The average molecular weight is 461 g/mol. The van der Waals surface area contributed by atoms with Crippen LogP contribution in [0.1, 0.15) is 47.6 Å². The van der Waals surface area contributed by atoms with Crippen molar-refractivity contribution in [2.24, 2.45) is 5.92 Å². The van der Waals surface area contributed by atoms with Crippen molar-refractivity contribution >= 4 is 35.1 Å². The van der Waals surface area contributed by atoms with E-state index in [0.29, 0.717) is 15.6 Å². The minimum absolute atomic E-state index is 0.0813. The number of hydrogen-bond donors (Lipinski definition) is 1. The largest absolute Gasteiger partial charge is 0.465 e. The van der Waals surface area contributed by atoms with Crippen molar-refractivity contribution in [2.45, 2.75) is 31.7 Å². The molecule has 0 bridgehead atoms. The number of esters is 1. The van der Waals surface area contributed by atoms with Gasteiger partial charge in [0.05, 0.1) is 18.6 Å². The fourth-order valence-corrected chi connectivity index (χ4v) is 5.42. The topological polar surface area (TPSA) is 58.6 Å². The number of halogens is 2. The van der Waals surface area contributed by atoms with Gasteiger partial charge in [-0.3, -0.25) is 9.69 Å². The lowest BCUT2D eigenvalue weighted by molar-refractivity contribution is -0.129. The minimum Gasteiger partial charge on any atom is -0.465 e. The van der Waals surface area contributed by atoms with Gasteiger partial charge in [-0.2, -0.15) is 0 Å². The molecule has 31 heavy (non-hydrogen) atoms. The Morgan fingerprint density at radius 1 is 1.06 bits per heavy atom. The Morgan fingerprint density at radius 2 is 1.71 bits per heavy atom. The van der Waals surface area contributed by atoms with E-state index in [4.69, 9.17) is 27.9 Å². The number of carbonyl (C=O) groups is 2. The second-order valence-electron chi connectivity index (χ2n) is 8.15. The molecule has 2 unspecified atom stereocenters. The summed E-state index contributed by atoms with van der Waals surface area (Å²) in [5.74, 6) is -0.457. The Bertz CT molecular complexity index is 948.